The third-order valence-corrected chi connectivity index (χ3v) is 22.4. The Morgan fingerprint density at radius 2 is 1.43 bits per heavy atom. The van der Waals surface area contributed by atoms with Gasteiger partial charge in [-0.15, -0.1) is 0 Å². The van der Waals surface area contributed by atoms with E-state index in [9.17, 15) is 57.6 Å². The number of hydrogen-bond acceptors (Lipinski definition) is 18. The van der Waals surface area contributed by atoms with Gasteiger partial charge in [-0.25, -0.2) is 13.2 Å². The summed E-state index contributed by atoms with van der Waals surface area (Å²) >= 11 is 0. The number of hydrogen-bond donors (Lipinski definition) is 6. The van der Waals surface area contributed by atoms with Crippen molar-refractivity contribution in [2.24, 2.45) is 41.4 Å². The van der Waals surface area contributed by atoms with E-state index in [1.807, 2.05) is 107 Å². The number of methoxy groups -OCH3 is 4. The first kappa shape index (κ1) is 78.2. The van der Waals surface area contributed by atoms with E-state index < -0.39 is 136 Å². The molecule has 23 heteroatoms. The smallest absolute Gasteiger partial charge is 0.330 e. The summed E-state index contributed by atoms with van der Waals surface area (Å²) in [6, 6.07) is 20.9. The van der Waals surface area contributed by atoms with E-state index in [0.717, 1.165) is 16.7 Å². The third kappa shape index (κ3) is 20.0. The molecule has 0 spiro atoms. The topological polar surface area (TPSA) is 303 Å². The Morgan fingerprint density at radius 3 is 2.07 bits per heavy atom. The highest BCUT2D eigenvalue weighted by molar-refractivity contribution is 7.89. The maximum Gasteiger partial charge on any atom is 0.330 e. The number of piperidine rings is 1. The van der Waals surface area contributed by atoms with Gasteiger partial charge in [0.05, 0.1) is 54.7 Å². The van der Waals surface area contributed by atoms with E-state index in [1.165, 1.54) is 49.8 Å². The normalized spacial score (nSPS) is 31.1. The number of benzene rings is 3. The van der Waals surface area contributed by atoms with E-state index in [4.69, 9.17) is 28.4 Å². The number of amides is 3. The van der Waals surface area contributed by atoms with Crippen LogP contribution in [-0.4, -0.2) is 194 Å². The lowest BCUT2D eigenvalue weighted by molar-refractivity contribution is -0.302. The van der Waals surface area contributed by atoms with Crippen LogP contribution in [0.3, 0.4) is 0 Å². The fraction of sp³-hybridized carbons (Fsp3) is 0.605. The molecule has 3 amide bonds. The van der Waals surface area contributed by atoms with E-state index >= 15 is 0 Å². The van der Waals surface area contributed by atoms with Crippen LogP contribution in [-0.2, 0) is 75.3 Å². The first-order chi connectivity index (χ1) is 47.2. The molecule has 3 aromatic rings. The summed E-state index contributed by atoms with van der Waals surface area (Å²) < 4.78 is 65.3. The van der Waals surface area contributed by atoms with Crippen LogP contribution in [0.1, 0.15) is 130 Å². The van der Waals surface area contributed by atoms with Gasteiger partial charge in [0, 0.05) is 83.9 Å². The van der Waals surface area contributed by atoms with Crippen molar-refractivity contribution in [2.45, 2.75) is 209 Å². The number of aliphatic hydroxyl groups excluding tert-OH is 3. The predicted octanol–water partition coefficient (Wildman–Crippen LogP) is 7.18. The molecule has 22 nitrogen and oxygen atoms in total. The minimum Gasteiger partial charge on any atom is -0.497 e. The Bertz CT molecular complexity index is 3410. The van der Waals surface area contributed by atoms with Crippen LogP contribution in [0.4, 0.5) is 0 Å². The van der Waals surface area contributed by atoms with Crippen molar-refractivity contribution in [2.75, 3.05) is 48.1 Å². The number of carbonyl (C=O) groups excluding carboxylic acids is 6. The van der Waals surface area contributed by atoms with Gasteiger partial charge in [-0.1, -0.05) is 125 Å². The van der Waals surface area contributed by atoms with Crippen LogP contribution < -0.4 is 15.4 Å². The fourth-order valence-electron chi connectivity index (χ4n) is 15.0. The van der Waals surface area contributed by atoms with Crippen LogP contribution in [0.15, 0.2) is 125 Å². The van der Waals surface area contributed by atoms with Gasteiger partial charge in [0.2, 0.25) is 27.6 Å². The maximum absolute atomic E-state index is 14.9. The van der Waals surface area contributed by atoms with Gasteiger partial charge in [0.15, 0.2) is 0 Å². The first-order valence-corrected chi connectivity index (χ1v) is 36.6. The van der Waals surface area contributed by atoms with Crippen LogP contribution in [0.2, 0.25) is 0 Å². The average Bonchev–Trinajstić information content (AvgIpc) is 0.854. The van der Waals surface area contributed by atoms with E-state index in [2.05, 4.69) is 10.6 Å². The molecule has 1 aliphatic carbocycles. The number of fused-ring (bicyclic) bond motifs is 11. The Kier molecular flexibility index (Phi) is 28.3. The summed E-state index contributed by atoms with van der Waals surface area (Å²) in [7, 11) is 1.87. The van der Waals surface area contributed by atoms with Crippen LogP contribution >= 0.6 is 0 Å². The molecule has 9 rings (SSSR count). The number of carbonyl (C=O) groups is 6. The molecule has 4 fully saturated rings. The number of esters is 1. The third-order valence-electron chi connectivity index (χ3n) is 20.6. The van der Waals surface area contributed by atoms with E-state index in [0.29, 0.717) is 56.3 Å². The number of allylic oxidation sites excluding steroid dienone is 5. The number of ether oxygens (including phenoxy) is 6. The largest absolute Gasteiger partial charge is 0.497 e. The van der Waals surface area contributed by atoms with E-state index in [1.54, 1.807) is 32.1 Å². The number of Topliss-reactive ketones (excluding diaryl/α,β-unsaturated/α-hetero) is 2. The summed E-state index contributed by atoms with van der Waals surface area (Å²) in [4.78, 5) is 89.0. The van der Waals surface area contributed by atoms with Crippen molar-refractivity contribution in [3.8, 4) is 5.75 Å². The quantitative estimate of drug-likeness (QED) is 0.0294. The van der Waals surface area contributed by atoms with Gasteiger partial charge >= 0.3 is 5.97 Å². The molecular weight excluding hydrogens is 1290 g/mol. The molecule has 1 saturated carbocycles. The fourth-order valence-corrected chi connectivity index (χ4v) is 16.6. The van der Waals surface area contributed by atoms with Crippen molar-refractivity contribution in [3.05, 3.63) is 132 Å². The molecule has 6 N–H and O–H groups in total. The summed E-state index contributed by atoms with van der Waals surface area (Å²) in [6.45, 7) is 10.7. The molecule has 5 aliphatic heterocycles. The second kappa shape index (κ2) is 35.9. The van der Waals surface area contributed by atoms with Crippen molar-refractivity contribution in [1.29, 1.82) is 0 Å². The van der Waals surface area contributed by atoms with Crippen LogP contribution in [0.5, 0.6) is 5.75 Å². The molecule has 5 heterocycles. The van der Waals surface area contributed by atoms with Crippen molar-refractivity contribution in [3.63, 3.8) is 0 Å². The minimum atomic E-state index is -4.14. The van der Waals surface area contributed by atoms with Gasteiger partial charge in [-0.2, -0.15) is 4.31 Å². The number of rotatable bonds is 24. The standard InChI is InChI=1S/C76H106N4O18S/c1-46(2)44-79(99(91,92)56-31-29-55(93-7)30-32-56)45-64(84)59(40-51-21-14-11-15-22-51)78-73(87)60(41-52-23-16-12-17-24-52)77-68(85)27-19-13-18-25-54-36-47(3)35-48(4)37-66(95-9)71-67(96-10)38-49(5)76(90,98-71)72(86)74(88)80-34-20-26-57-58(39-53-28-33-61(81)65(42-53)94-8)70(97-75(89)69(57)80)50(6)62(82)43-63(54)83/h11-18,21-24,29-32,36,39,46,48-50,53-54,57,59-62,64-67,69-71,81-82,84,90H,19-20,25-28,33-35,37-38,40-45H2,1-10H3,(H,77,85)(H,78,87)/b18-13+,47-36+,58-39+/t48-,49+,50+,53-,54+,57?,59-,60?,61+,62-,64+,65+,66-,67-,69-,70-,71+,76+/m0/s1. The molecule has 99 heavy (non-hydrogen) atoms. The monoisotopic (exact) mass is 1390 g/mol. The molecule has 0 radical (unpaired) electrons. The molecule has 3 aromatic carbocycles. The zero-order valence-corrected chi connectivity index (χ0v) is 59.9. The molecule has 544 valence electrons. The Hall–Kier alpha value is -6.51. The van der Waals surface area contributed by atoms with Crippen LogP contribution in [0.25, 0.3) is 0 Å². The molecule has 2 unspecified atom stereocenters. The number of sulfonamides is 1. The Morgan fingerprint density at radius 1 is 0.788 bits per heavy atom. The second-order valence-corrected chi connectivity index (χ2v) is 30.4. The molecule has 3 saturated heterocycles. The molecular formula is C76H106N4O18S. The Balaban J connectivity index is 1.03. The summed E-state index contributed by atoms with van der Waals surface area (Å²) in [6.07, 6.45) is 3.49. The molecule has 18 atom stereocenters. The van der Waals surface area contributed by atoms with Crippen molar-refractivity contribution < 1.29 is 86.0 Å². The summed E-state index contributed by atoms with van der Waals surface area (Å²) in [5.41, 5.74) is 3.00. The molecule has 6 bridgehead atoms. The molecule has 6 aliphatic rings. The summed E-state index contributed by atoms with van der Waals surface area (Å²) in [5, 5.41) is 53.6. The van der Waals surface area contributed by atoms with Gasteiger partial charge < -0.3 is 64.4 Å². The summed E-state index contributed by atoms with van der Waals surface area (Å²) in [5.74, 6) is -10.2. The maximum atomic E-state index is 14.9. The molecule has 0 aromatic heterocycles. The zero-order chi connectivity index (χ0) is 71.9. The lowest BCUT2D eigenvalue weighted by Crippen LogP contribution is -2.66. The van der Waals surface area contributed by atoms with Gasteiger partial charge in [0.1, 0.15) is 35.8 Å². The zero-order valence-electron chi connectivity index (χ0n) is 59.1. The number of aliphatic hydroxyl groups is 4. The first-order valence-electron chi connectivity index (χ1n) is 35.2. The van der Waals surface area contributed by atoms with Crippen molar-refractivity contribution >= 4 is 45.3 Å². The lowest BCUT2D eigenvalue weighted by Gasteiger charge is -2.49. The SMILES string of the molecule is COc1ccc(S(=O)(=O)N(CC(C)C)C[C@@H](O)[C@H](Cc2ccccc2)NC(=O)C(Cc2ccccc2)NC(=O)CC/C=C/C[C@@H]2/C=C(\C)C[C@H](C)C[C@H](OC)[C@H]3O[C@@](O)(C(=O)C(=O)N4CCCC5/C(=C\[C@@H]6CC[C@@H](O)[C@H](OC)C6)[C@@H](OC(=O)[C@H]54)[C@H](C)[C@@H](O)CC2=O)[C@H](C)C[C@@H]3OC)cc1. The van der Waals surface area contributed by atoms with Gasteiger partial charge in [-0.3, -0.25) is 24.0 Å². The highest BCUT2D eigenvalue weighted by Crippen LogP contribution is 2.45. The van der Waals surface area contributed by atoms with Crippen LogP contribution in [0, 0.1) is 41.4 Å². The van der Waals surface area contributed by atoms with Gasteiger partial charge in [-0.05, 0) is 136 Å². The van der Waals surface area contributed by atoms with Crippen molar-refractivity contribution in [1.82, 2.24) is 19.8 Å². The average molecular weight is 1400 g/mol. The number of nitrogens with one attached hydrogen (secondary N) is 2. The number of nitrogens with zero attached hydrogens (tertiary/aromatic N) is 2. The number of ketones is 2. The minimum absolute atomic E-state index is 0.0119. The lowest BCUT2D eigenvalue weighted by atomic mass is 9.72. The predicted molar refractivity (Wildman–Crippen MR) is 371 cm³/mol. The highest BCUT2D eigenvalue weighted by atomic mass is 32.2. The Labute approximate surface area is 584 Å². The highest BCUT2D eigenvalue weighted by Gasteiger charge is 2.59. The van der Waals surface area contributed by atoms with E-state index in [-0.39, 0.29) is 93.0 Å². The van der Waals surface area contributed by atoms with Gasteiger partial charge in [0.25, 0.3) is 11.7 Å². The second-order valence-electron chi connectivity index (χ2n) is 28.5.